The molecule has 0 atom stereocenters. The van der Waals surface area contributed by atoms with Gasteiger partial charge in [-0.2, -0.15) is 0 Å². The predicted molar refractivity (Wildman–Crippen MR) is 67.6 cm³/mol. The molecule has 0 saturated heterocycles. The Bertz CT molecular complexity index is 688. The normalized spacial score (nSPS) is 10.8. The molecule has 1 heterocycles. The minimum atomic E-state index is 0.225. The van der Waals surface area contributed by atoms with Crippen molar-refractivity contribution in [3.05, 3.63) is 42.5 Å². The molecule has 3 rings (SSSR count). The van der Waals surface area contributed by atoms with Gasteiger partial charge in [0.2, 0.25) is 0 Å². The van der Waals surface area contributed by atoms with Crippen molar-refractivity contribution in [3.8, 4) is 17.1 Å². The molecule has 0 saturated carbocycles. The van der Waals surface area contributed by atoms with Gasteiger partial charge in [-0.1, -0.05) is 12.1 Å². The highest BCUT2D eigenvalue weighted by Gasteiger charge is 2.05. The highest BCUT2D eigenvalue weighted by atomic mass is 16.3. The largest absolute Gasteiger partial charge is 0.508 e. The topological polar surface area (TPSA) is 74.9 Å². The summed E-state index contributed by atoms with van der Waals surface area (Å²) in [5.74, 6) is 0.948. The lowest BCUT2D eigenvalue weighted by atomic mass is 10.2. The smallest absolute Gasteiger partial charge is 0.138 e. The number of nitrogens with one attached hydrogen (secondary N) is 1. The van der Waals surface area contributed by atoms with E-state index in [1.807, 2.05) is 24.3 Å². The van der Waals surface area contributed by atoms with Crippen LogP contribution in [0, 0.1) is 0 Å². The number of anilines is 1. The number of phenols is 1. The maximum atomic E-state index is 9.43. The van der Waals surface area contributed by atoms with E-state index in [0.717, 1.165) is 22.4 Å². The molecule has 4 heteroatoms. The van der Waals surface area contributed by atoms with Crippen LogP contribution in [0.25, 0.3) is 22.4 Å². The first kappa shape index (κ1) is 9.72. The number of hydrogen-bond acceptors (Lipinski definition) is 3. The van der Waals surface area contributed by atoms with E-state index < -0.39 is 0 Å². The van der Waals surface area contributed by atoms with E-state index in [1.165, 1.54) is 0 Å². The third kappa shape index (κ3) is 1.69. The first-order chi connectivity index (χ1) is 8.22. The highest BCUT2D eigenvalue weighted by Crippen LogP contribution is 2.24. The Kier molecular flexibility index (Phi) is 2.01. The second kappa shape index (κ2) is 3.52. The third-order valence-corrected chi connectivity index (χ3v) is 2.63. The van der Waals surface area contributed by atoms with Crippen LogP contribution in [0.2, 0.25) is 0 Å². The fourth-order valence-electron chi connectivity index (χ4n) is 1.82. The van der Waals surface area contributed by atoms with Gasteiger partial charge in [-0.25, -0.2) is 4.98 Å². The molecular formula is C13H11N3O. The summed E-state index contributed by atoms with van der Waals surface area (Å²) in [5.41, 5.74) is 9.00. The highest BCUT2D eigenvalue weighted by molar-refractivity contribution is 5.82. The van der Waals surface area contributed by atoms with E-state index in [9.17, 15) is 5.11 Å². The van der Waals surface area contributed by atoms with Gasteiger partial charge in [-0.15, -0.1) is 0 Å². The quantitative estimate of drug-likeness (QED) is 0.557. The molecule has 0 bridgehead atoms. The summed E-state index contributed by atoms with van der Waals surface area (Å²) in [5, 5.41) is 9.43. The van der Waals surface area contributed by atoms with E-state index in [0.29, 0.717) is 5.69 Å². The number of nitrogen functional groups attached to an aromatic ring is 1. The summed E-state index contributed by atoms with van der Waals surface area (Å²) in [6.45, 7) is 0. The van der Waals surface area contributed by atoms with Crippen LogP contribution >= 0.6 is 0 Å². The Hall–Kier alpha value is -2.49. The van der Waals surface area contributed by atoms with Crippen LogP contribution in [0.3, 0.4) is 0 Å². The molecule has 0 radical (unpaired) electrons. The van der Waals surface area contributed by atoms with Crippen molar-refractivity contribution in [1.82, 2.24) is 9.97 Å². The molecule has 0 fully saturated rings. The lowest BCUT2D eigenvalue weighted by Gasteiger charge is -1.96. The van der Waals surface area contributed by atoms with Crippen molar-refractivity contribution in [1.29, 1.82) is 0 Å². The predicted octanol–water partition coefficient (Wildman–Crippen LogP) is 2.52. The third-order valence-electron chi connectivity index (χ3n) is 2.63. The van der Waals surface area contributed by atoms with Crippen LogP contribution in [-0.2, 0) is 0 Å². The van der Waals surface area contributed by atoms with Gasteiger partial charge in [0.25, 0.3) is 0 Å². The number of nitrogens with two attached hydrogens (primary N) is 1. The van der Waals surface area contributed by atoms with Crippen LogP contribution in [0.4, 0.5) is 5.69 Å². The number of aromatic nitrogens is 2. The molecule has 3 aromatic rings. The summed E-state index contributed by atoms with van der Waals surface area (Å²) >= 11 is 0. The molecule has 0 spiro atoms. The van der Waals surface area contributed by atoms with Crippen molar-refractivity contribution in [2.75, 3.05) is 5.73 Å². The van der Waals surface area contributed by atoms with Crippen LogP contribution < -0.4 is 5.73 Å². The number of imidazole rings is 1. The van der Waals surface area contributed by atoms with Gasteiger partial charge in [0, 0.05) is 11.3 Å². The first-order valence-corrected chi connectivity index (χ1v) is 5.27. The summed E-state index contributed by atoms with van der Waals surface area (Å²) in [7, 11) is 0. The minimum absolute atomic E-state index is 0.225. The number of fused-ring (bicyclic) bond motifs is 1. The molecule has 0 unspecified atom stereocenters. The van der Waals surface area contributed by atoms with Gasteiger partial charge >= 0.3 is 0 Å². The number of nitrogens with zero attached hydrogens (tertiary/aromatic N) is 1. The van der Waals surface area contributed by atoms with Gasteiger partial charge in [-0.3, -0.25) is 0 Å². The molecule has 0 aliphatic carbocycles. The van der Waals surface area contributed by atoms with Gasteiger partial charge in [0.15, 0.2) is 0 Å². The number of hydrogen-bond donors (Lipinski definition) is 3. The number of rotatable bonds is 1. The molecule has 0 aliphatic heterocycles. The Labute approximate surface area is 97.7 Å². The monoisotopic (exact) mass is 225 g/mol. The zero-order chi connectivity index (χ0) is 11.8. The lowest BCUT2D eigenvalue weighted by Crippen LogP contribution is -1.82. The number of aromatic amines is 1. The van der Waals surface area contributed by atoms with E-state index >= 15 is 0 Å². The van der Waals surface area contributed by atoms with Crippen molar-refractivity contribution in [2.24, 2.45) is 0 Å². The van der Waals surface area contributed by atoms with Gasteiger partial charge in [0.05, 0.1) is 11.0 Å². The second-order valence-electron chi connectivity index (χ2n) is 3.91. The Morgan fingerprint density at radius 2 is 2.00 bits per heavy atom. The van der Waals surface area contributed by atoms with Crippen LogP contribution in [0.5, 0.6) is 5.75 Å². The van der Waals surface area contributed by atoms with E-state index in [2.05, 4.69) is 9.97 Å². The molecule has 84 valence electrons. The second-order valence-corrected chi connectivity index (χ2v) is 3.91. The van der Waals surface area contributed by atoms with Crippen molar-refractivity contribution in [2.45, 2.75) is 0 Å². The number of benzene rings is 2. The van der Waals surface area contributed by atoms with Crippen molar-refractivity contribution < 1.29 is 5.11 Å². The minimum Gasteiger partial charge on any atom is -0.508 e. The van der Waals surface area contributed by atoms with Crippen molar-refractivity contribution >= 4 is 16.7 Å². The summed E-state index contributed by atoms with van der Waals surface area (Å²) in [6, 6.07) is 12.5. The van der Waals surface area contributed by atoms with Crippen molar-refractivity contribution in [3.63, 3.8) is 0 Å². The summed E-state index contributed by atoms with van der Waals surface area (Å²) in [6.07, 6.45) is 0. The molecule has 4 N–H and O–H groups in total. The molecule has 1 aromatic heterocycles. The zero-order valence-electron chi connectivity index (χ0n) is 9.01. The first-order valence-electron chi connectivity index (χ1n) is 5.27. The average Bonchev–Trinajstić information content (AvgIpc) is 2.72. The summed E-state index contributed by atoms with van der Waals surface area (Å²) < 4.78 is 0. The van der Waals surface area contributed by atoms with E-state index in [1.54, 1.807) is 18.2 Å². The molecule has 17 heavy (non-hydrogen) atoms. The molecule has 2 aromatic carbocycles. The fourth-order valence-corrected chi connectivity index (χ4v) is 1.82. The molecular weight excluding hydrogens is 214 g/mol. The SMILES string of the molecule is Nc1ccc2nc(-c3cccc(O)c3)[nH]c2c1. The maximum Gasteiger partial charge on any atom is 0.138 e. The average molecular weight is 225 g/mol. The number of aromatic hydroxyl groups is 1. The lowest BCUT2D eigenvalue weighted by molar-refractivity contribution is 0.475. The molecule has 0 aliphatic rings. The Balaban J connectivity index is 2.18. The molecule has 0 amide bonds. The van der Waals surface area contributed by atoms with Crippen LogP contribution in [0.15, 0.2) is 42.5 Å². The maximum absolute atomic E-state index is 9.43. The van der Waals surface area contributed by atoms with Gasteiger partial charge in [-0.05, 0) is 30.3 Å². The van der Waals surface area contributed by atoms with Gasteiger partial charge in [0.1, 0.15) is 11.6 Å². The molecule has 4 nitrogen and oxygen atoms in total. The number of phenolic OH excluding ortho intramolecular Hbond substituents is 1. The Morgan fingerprint density at radius 3 is 2.82 bits per heavy atom. The number of H-pyrrole nitrogens is 1. The zero-order valence-corrected chi connectivity index (χ0v) is 9.01. The fraction of sp³-hybridized carbons (Fsp3) is 0. The van der Waals surface area contributed by atoms with E-state index in [4.69, 9.17) is 5.73 Å². The Morgan fingerprint density at radius 1 is 1.12 bits per heavy atom. The van der Waals surface area contributed by atoms with Crippen LogP contribution in [0.1, 0.15) is 0 Å². The summed E-state index contributed by atoms with van der Waals surface area (Å²) in [4.78, 5) is 7.62. The van der Waals surface area contributed by atoms with Gasteiger partial charge < -0.3 is 15.8 Å². The standard InChI is InChI=1S/C13H11N3O/c14-9-4-5-11-12(7-9)16-13(15-11)8-2-1-3-10(17)6-8/h1-7,17H,14H2,(H,15,16). The van der Waals surface area contributed by atoms with Crippen LogP contribution in [-0.4, -0.2) is 15.1 Å². The van der Waals surface area contributed by atoms with E-state index in [-0.39, 0.29) is 5.75 Å².